The van der Waals surface area contributed by atoms with Gasteiger partial charge in [0.25, 0.3) is 0 Å². The van der Waals surface area contributed by atoms with Crippen LogP contribution < -0.4 is 4.90 Å². The molecule has 0 unspecified atom stereocenters. The van der Waals surface area contributed by atoms with E-state index < -0.39 is 0 Å². The predicted molar refractivity (Wildman–Crippen MR) is 245 cm³/mol. The molecule has 0 bridgehead atoms. The molecule has 11 aromatic rings. The molecule has 0 N–H and O–H groups in total. The average Bonchev–Trinajstić information content (AvgIpc) is 3.71. The Morgan fingerprint density at radius 1 is 0.259 bits per heavy atom. The standard InChI is InChI=1S/C56H37NO/c1-4-14-38(15-5-1)40-24-30-44(31-25-40)57(45-32-26-41(27-33-45)39-16-6-2-7-17-39)46-34-28-43(29-35-46)53-47(42-18-8-3-9-19-42)36-37-52-54-50-22-12-10-20-48(50)49-21-11-13-23-51(49)55(54)58-56(52)53/h1-37H. The lowest BCUT2D eigenvalue weighted by Gasteiger charge is -2.26. The maximum absolute atomic E-state index is 7.12. The highest BCUT2D eigenvalue weighted by Crippen LogP contribution is 2.47. The third-order valence-corrected chi connectivity index (χ3v) is 11.5. The first-order valence-corrected chi connectivity index (χ1v) is 19.8. The van der Waals surface area contributed by atoms with Crippen LogP contribution in [0.15, 0.2) is 229 Å². The van der Waals surface area contributed by atoms with Crippen LogP contribution in [0, 0.1) is 0 Å². The molecule has 58 heavy (non-hydrogen) atoms. The van der Waals surface area contributed by atoms with Crippen LogP contribution in [0.1, 0.15) is 0 Å². The second-order valence-corrected chi connectivity index (χ2v) is 14.8. The minimum atomic E-state index is 0.899. The van der Waals surface area contributed by atoms with E-state index in [1.54, 1.807) is 0 Å². The Kier molecular flexibility index (Phi) is 8.19. The molecule has 10 aromatic carbocycles. The molecule has 1 heterocycles. The normalized spacial score (nSPS) is 11.4. The Bertz CT molecular complexity index is 3140. The van der Waals surface area contributed by atoms with Crippen molar-refractivity contribution in [3.63, 3.8) is 0 Å². The molecular weight excluding hydrogens is 703 g/mol. The summed E-state index contributed by atoms with van der Waals surface area (Å²) in [6.07, 6.45) is 0. The molecule has 0 saturated heterocycles. The molecule has 1 aromatic heterocycles. The first-order valence-electron chi connectivity index (χ1n) is 19.8. The van der Waals surface area contributed by atoms with Gasteiger partial charge in [-0.15, -0.1) is 0 Å². The number of fused-ring (bicyclic) bond motifs is 8. The zero-order chi connectivity index (χ0) is 38.4. The largest absolute Gasteiger partial charge is 0.455 e. The molecule has 0 atom stereocenters. The number of nitrogens with zero attached hydrogens (tertiary/aromatic N) is 1. The summed E-state index contributed by atoms with van der Waals surface area (Å²) in [6.45, 7) is 0. The molecule has 0 aliphatic rings. The molecule has 0 aliphatic carbocycles. The van der Waals surface area contributed by atoms with Crippen molar-refractivity contribution in [2.24, 2.45) is 0 Å². The number of hydrogen-bond donors (Lipinski definition) is 0. The minimum Gasteiger partial charge on any atom is -0.455 e. The SMILES string of the molecule is c1ccc(-c2ccc(N(c3ccc(-c4ccccc4)cc3)c3ccc(-c4c(-c5ccccc5)ccc5c4oc4c6ccccc6c6ccccc6c54)cc3)cc2)cc1. The van der Waals surface area contributed by atoms with Gasteiger partial charge in [0.1, 0.15) is 11.2 Å². The van der Waals surface area contributed by atoms with Crippen LogP contribution in [0.25, 0.3) is 88.0 Å². The van der Waals surface area contributed by atoms with Gasteiger partial charge >= 0.3 is 0 Å². The summed E-state index contributed by atoms with van der Waals surface area (Å²) in [4.78, 5) is 2.34. The van der Waals surface area contributed by atoms with Gasteiger partial charge in [-0.3, -0.25) is 0 Å². The summed E-state index contributed by atoms with van der Waals surface area (Å²) in [6, 6.07) is 80.3. The van der Waals surface area contributed by atoms with E-state index in [9.17, 15) is 0 Å². The third kappa shape index (κ3) is 5.74. The van der Waals surface area contributed by atoms with Crippen molar-refractivity contribution in [2.75, 3.05) is 4.90 Å². The minimum absolute atomic E-state index is 0.899. The number of furan rings is 1. The Hall–Kier alpha value is -7.68. The smallest absolute Gasteiger partial charge is 0.143 e. The molecule has 0 saturated carbocycles. The summed E-state index contributed by atoms with van der Waals surface area (Å²) in [7, 11) is 0. The van der Waals surface area contributed by atoms with Crippen LogP contribution in [0.5, 0.6) is 0 Å². The van der Waals surface area contributed by atoms with Gasteiger partial charge < -0.3 is 9.32 Å². The fourth-order valence-electron chi connectivity index (χ4n) is 8.71. The van der Waals surface area contributed by atoms with Crippen LogP contribution in [0.2, 0.25) is 0 Å². The van der Waals surface area contributed by atoms with E-state index in [4.69, 9.17) is 4.42 Å². The fraction of sp³-hybridized carbons (Fsp3) is 0. The third-order valence-electron chi connectivity index (χ3n) is 11.5. The summed E-state index contributed by atoms with van der Waals surface area (Å²) >= 11 is 0. The molecule has 0 aliphatic heterocycles. The molecular formula is C56H37NO. The van der Waals surface area contributed by atoms with Gasteiger partial charge in [-0.2, -0.15) is 0 Å². The highest BCUT2D eigenvalue weighted by Gasteiger charge is 2.22. The summed E-state index contributed by atoms with van der Waals surface area (Å²) < 4.78 is 7.12. The lowest BCUT2D eigenvalue weighted by atomic mass is 9.91. The van der Waals surface area contributed by atoms with Crippen molar-refractivity contribution in [3.8, 4) is 44.5 Å². The predicted octanol–water partition coefficient (Wildman–Crippen LogP) is 16.0. The summed E-state index contributed by atoms with van der Waals surface area (Å²) in [5.41, 5.74) is 14.3. The molecule has 2 nitrogen and oxygen atoms in total. The Morgan fingerprint density at radius 2 is 0.655 bits per heavy atom. The first kappa shape index (κ1) is 33.6. The van der Waals surface area contributed by atoms with E-state index in [0.29, 0.717) is 0 Å². The average molecular weight is 740 g/mol. The molecule has 0 radical (unpaired) electrons. The van der Waals surface area contributed by atoms with Gasteiger partial charge in [-0.1, -0.05) is 182 Å². The molecule has 11 rings (SSSR count). The van der Waals surface area contributed by atoms with Gasteiger partial charge in [-0.25, -0.2) is 0 Å². The quantitative estimate of drug-likeness (QED) is 0.151. The van der Waals surface area contributed by atoms with E-state index >= 15 is 0 Å². The van der Waals surface area contributed by atoms with Gasteiger partial charge in [0, 0.05) is 38.8 Å². The molecule has 2 heteroatoms. The molecule has 0 fully saturated rings. The van der Waals surface area contributed by atoms with Crippen LogP contribution in [0.4, 0.5) is 17.1 Å². The van der Waals surface area contributed by atoms with Gasteiger partial charge in [0.15, 0.2) is 0 Å². The van der Waals surface area contributed by atoms with Crippen LogP contribution >= 0.6 is 0 Å². The molecule has 272 valence electrons. The Labute approximate surface area is 337 Å². The lowest BCUT2D eigenvalue weighted by molar-refractivity contribution is 0.674. The van der Waals surface area contributed by atoms with Crippen molar-refractivity contribution >= 4 is 60.5 Å². The first-order chi connectivity index (χ1) is 28.8. The fourth-order valence-corrected chi connectivity index (χ4v) is 8.71. The second-order valence-electron chi connectivity index (χ2n) is 14.8. The number of rotatable bonds is 7. The Morgan fingerprint density at radius 3 is 1.17 bits per heavy atom. The van der Waals surface area contributed by atoms with E-state index in [0.717, 1.165) is 66.6 Å². The van der Waals surface area contributed by atoms with Crippen molar-refractivity contribution in [1.82, 2.24) is 0 Å². The summed E-state index contributed by atoms with van der Waals surface area (Å²) in [5.74, 6) is 0. The monoisotopic (exact) mass is 739 g/mol. The van der Waals surface area contributed by atoms with Crippen molar-refractivity contribution in [1.29, 1.82) is 0 Å². The van der Waals surface area contributed by atoms with Crippen LogP contribution in [0.3, 0.4) is 0 Å². The Balaban J connectivity index is 1.09. The van der Waals surface area contributed by atoms with Gasteiger partial charge in [0.2, 0.25) is 0 Å². The highest BCUT2D eigenvalue weighted by atomic mass is 16.3. The van der Waals surface area contributed by atoms with Crippen molar-refractivity contribution in [2.45, 2.75) is 0 Å². The van der Waals surface area contributed by atoms with E-state index in [-0.39, 0.29) is 0 Å². The van der Waals surface area contributed by atoms with Crippen LogP contribution in [-0.4, -0.2) is 0 Å². The van der Waals surface area contributed by atoms with Crippen LogP contribution in [-0.2, 0) is 0 Å². The zero-order valence-corrected chi connectivity index (χ0v) is 31.7. The van der Waals surface area contributed by atoms with Gasteiger partial charge in [-0.05, 0) is 97.6 Å². The number of anilines is 3. The van der Waals surface area contributed by atoms with Crippen molar-refractivity contribution < 1.29 is 4.42 Å². The lowest BCUT2D eigenvalue weighted by Crippen LogP contribution is -2.09. The van der Waals surface area contributed by atoms with E-state index in [2.05, 4.69) is 229 Å². The molecule has 0 spiro atoms. The topological polar surface area (TPSA) is 16.4 Å². The molecule has 0 amide bonds. The zero-order valence-electron chi connectivity index (χ0n) is 31.7. The number of benzene rings is 10. The maximum atomic E-state index is 7.12. The summed E-state index contributed by atoms with van der Waals surface area (Å²) in [5, 5.41) is 7.05. The highest BCUT2D eigenvalue weighted by molar-refractivity contribution is 6.31. The van der Waals surface area contributed by atoms with E-state index in [1.807, 2.05) is 0 Å². The second kappa shape index (κ2) is 14.1. The van der Waals surface area contributed by atoms with Gasteiger partial charge in [0.05, 0.1) is 0 Å². The number of hydrogen-bond acceptors (Lipinski definition) is 2. The maximum Gasteiger partial charge on any atom is 0.143 e. The van der Waals surface area contributed by atoms with Crippen molar-refractivity contribution in [3.05, 3.63) is 224 Å². The van der Waals surface area contributed by atoms with E-state index in [1.165, 1.54) is 38.4 Å².